The topological polar surface area (TPSA) is 80.0 Å². The molecule has 0 unspecified atom stereocenters. The SMILES string of the molecule is N[C@H]1CCCC[C@H]1Nc1nc(CCc2ccccc2)c2c(c1F)CNC2=O. The molecule has 0 spiro atoms. The zero-order valence-corrected chi connectivity index (χ0v) is 15.3. The minimum absolute atomic E-state index is 0.000676. The predicted molar refractivity (Wildman–Crippen MR) is 103 cm³/mol. The number of nitrogens with one attached hydrogen (secondary N) is 2. The van der Waals surface area contributed by atoms with Crippen molar-refractivity contribution in [2.45, 2.75) is 57.2 Å². The number of anilines is 1. The van der Waals surface area contributed by atoms with E-state index in [0.717, 1.165) is 32.1 Å². The van der Waals surface area contributed by atoms with Gasteiger partial charge in [-0.3, -0.25) is 4.79 Å². The Hall–Kier alpha value is -2.47. The van der Waals surface area contributed by atoms with Crippen molar-refractivity contribution in [3.8, 4) is 0 Å². The van der Waals surface area contributed by atoms with Gasteiger partial charge in [-0.05, 0) is 31.2 Å². The maximum absolute atomic E-state index is 15.0. The van der Waals surface area contributed by atoms with Crippen molar-refractivity contribution in [1.29, 1.82) is 0 Å². The van der Waals surface area contributed by atoms with E-state index >= 15 is 4.39 Å². The Balaban J connectivity index is 1.63. The quantitative estimate of drug-likeness (QED) is 0.758. The van der Waals surface area contributed by atoms with E-state index in [2.05, 4.69) is 15.6 Å². The summed E-state index contributed by atoms with van der Waals surface area (Å²) in [4.78, 5) is 16.8. The molecule has 1 aliphatic heterocycles. The molecule has 1 amide bonds. The third kappa shape index (κ3) is 3.67. The standard InChI is InChI=1S/C21H25FN4O/c22-19-14-12-24-21(27)18(14)17(11-10-13-6-2-1-3-7-13)26-20(19)25-16-9-5-4-8-15(16)23/h1-3,6-7,15-16H,4-5,8-12,23H2,(H,24,27)(H,25,26)/t15-,16+/m0/s1. The van der Waals surface area contributed by atoms with Gasteiger partial charge in [-0.1, -0.05) is 43.2 Å². The summed E-state index contributed by atoms with van der Waals surface area (Å²) in [5.74, 6) is -0.430. The molecule has 4 N–H and O–H groups in total. The van der Waals surface area contributed by atoms with Crippen LogP contribution in [0.1, 0.15) is 52.9 Å². The summed E-state index contributed by atoms with van der Waals surface area (Å²) >= 11 is 0. The van der Waals surface area contributed by atoms with Crippen LogP contribution < -0.4 is 16.4 Å². The lowest BCUT2D eigenvalue weighted by Gasteiger charge is -2.30. The third-order valence-electron chi connectivity index (χ3n) is 5.60. The number of halogens is 1. The second-order valence-electron chi connectivity index (χ2n) is 7.44. The fourth-order valence-electron chi connectivity index (χ4n) is 4.06. The number of amides is 1. The van der Waals surface area contributed by atoms with Crippen molar-refractivity contribution in [2.75, 3.05) is 5.32 Å². The van der Waals surface area contributed by atoms with Crippen molar-refractivity contribution in [1.82, 2.24) is 10.3 Å². The van der Waals surface area contributed by atoms with Crippen molar-refractivity contribution in [3.05, 3.63) is 58.5 Å². The molecule has 0 saturated heterocycles. The van der Waals surface area contributed by atoms with Crippen LogP contribution >= 0.6 is 0 Å². The van der Waals surface area contributed by atoms with Crippen LogP contribution in [0.2, 0.25) is 0 Å². The summed E-state index contributed by atoms with van der Waals surface area (Å²) < 4.78 is 15.0. The van der Waals surface area contributed by atoms with Gasteiger partial charge in [0, 0.05) is 24.2 Å². The number of aromatic nitrogens is 1. The average Bonchev–Trinajstić information content (AvgIpc) is 3.08. The van der Waals surface area contributed by atoms with Gasteiger partial charge in [-0.25, -0.2) is 9.37 Å². The molecule has 142 valence electrons. The van der Waals surface area contributed by atoms with Gasteiger partial charge in [0.05, 0.1) is 11.3 Å². The number of carbonyl (C=O) groups excluding carboxylic acids is 1. The maximum Gasteiger partial charge on any atom is 0.253 e. The first-order valence-electron chi connectivity index (χ1n) is 9.69. The number of nitrogens with zero attached hydrogens (tertiary/aromatic N) is 1. The predicted octanol–water partition coefficient (Wildman–Crippen LogP) is 2.93. The third-order valence-corrected chi connectivity index (χ3v) is 5.60. The Morgan fingerprint density at radius 2 is 1.96 bits per heavy atom. The molecule has 1 aromatic heterocycles. The second-order valence-corrected chi connectivity index (χ2v) is 7.44. The zero-order chi connectivity index (χ0) is 18.8. The number of carbonyl (C=O) groups is 1. The number of benzene rings is 1. The van der Waals surface area contributed by atoms with E-state index in [1.165, 1.54) is 5.56 Å². The molecule has 2 aromatic rings. The lowest BCUT2D eigenvalue weighted by Crippen LogP contribution is -2.43. The van der Waals surface area contributed by atoms with Crippen LogP contribution in [-0.2, 0) is 19.4 Å². The Morgan fingerprint density at radius 3 is 2.74 bits per heavy atom. The van der Waals surface area contributed by atoms with Gasteiger partial charge in [0.2, 0.25) is 0 Å². The summed E-state index contributed by atoms with van der Waals surface area (Å²) in [7, 11) is 0. The van der Waals surface area contributed by atoms with Crippen molar-refractivity contribution in [3.63, 3.8) is 0 Å². The van der Waals surface area contributed by atoms with Crippen molar-refractivity contribution >= 4 is 11.7 Å². The molecule has 1 aromatic carbocycles. The fraction of sp³-hybridized carbons (Fsp3) is 0.429. The molecular weight excluding hydrogens is 343 g/mol. The van der Waals surface area contributed by atoms with Gasteiger partial charge >= 0.3 is 0 Å². The van der Waals surface area contributed by atoms with Crippen molar-refractivity contribution < 1.29 is 9.18 Å². The Labute approximate surface area is 158 Å². The van der Waals surface area contributed by atoms with Gasteiger partial charge in [0.15, 0.2) is 11.6 Å². The highest BCUT2D eigenvalue weighted by molar-refractivity contribution is 5.99. The summed E-state index contributed by atoms with van der Waals surface area (Å²) in [5, 5.41) is 5.96. The van der Waals surface area contributed by atoms with E-state index < -0.39 is 5.82 Å². The number of hydrogen-bond donors (Lipinski definition) is 3. The maximum atomic E-state index is 15.0. The van der Waals surface area contributed by atoms with Gasteiger partial charge in [-0.2, -0.15) is 0 Å². The fourth-order valence-corrected chi connectivity index (χ4v) is 4.06. The van der Waals surface area contributed by atoms with E-state index in [9.17, 15) is 4.79 Å². The Bertz CT molecular complexity index is 840. The van der Waals surface area contributed by atoms with Crippen LogP contribution in [0.25, 0.3) is 0 Å². The van der Waals surface area contributed by atoms with E-state index in [4.69, 9.17) is 5.73 Å². The molecule has 2 heterocycles. The largest absolute Gasteiger partial charge is 0.363 e. The first kappa shape index (κ1) is 17.9. The summed E-state index contributed by atoms with van der Waals surface area (Å²) in [6.07, 6.45) is 5.38. The zero-order valence-electron chi connectivity index (χ0n) is 15.3. The van der Waals surface area contributed by atoms with E-state index in [1.54, 1.807) is 0 Å². The molecule has 27 heavy (non-hydrogen) atoms. The smallest absolute Gasteiger partial charge is 0.253 e. The van der Waals surface area contributed by atoms with Crippen LogP contribution in [0, 0.1) is 5.82 Å². The highest BCUT2D eigenvalue weighted by Crippen LogP contribution is 2.29. The normalized spacial score (nSPS) is 21.6. The lowest BCUT2D eigenvalue weighted by atomic mass is 9.91. The van der Waals surface area contributed by atoms with Crippen LogP contribution in [0.5, 0.6) is 0 Å². The van der Waals surface area contributed by atoms with Gasteiger partial charge < -0.3 is 16.4 Å². The Kier molecular flexibility index (Phi) is 5.07. The van der Waals surface area contributed by atoms with Crippen LogP contribution in [0.4, 0.5) is 10.2 Å². The number of rotatable bonds is 5. The number of aryl methyl sites for hydroxylation is 2. The summed E-state index contributed by atoms with van der Waals surface area (Å²) in [6.45, 7) is 0.215. The highest BCUT2D eigenvalue weighted by atomic mass is 19.1. The van der Waals surface area contributed by atoms with Gasteiger partial charge in [0.1, 0.15) is 0 Å². The first-order chi connectivity index (χ1) is 13.1. The number of fused-ring (bicyclic) bond motifs is 1. The molecule has 2 aliphatic rings. The van der Waals surface area contributed by atoms with E-state index in [0.29, 0.717) is 23.2 Å². The van der Waals surface area contributed by atoms with E-state index in [1.807, 2.05) is 30.3 Å². The molecule has 1 fully saturated rings. The monoisotopic (exact) mass is 368 g/mol. The molecular formula is C21H25FN4O. The summed E-state index contributed by atoms with van der Waals surface area (Å²) in [6, 6.07) is 10.1. The number of pyridine rings is 1. The molecule has 2 atom stereocenters. The van der Waals surface area contributed by atoms with Crippen molar-refractivity contribution in [2.24, 2.45) is 5.73 Å². The van der Waals surface area contributed by atoms with Gasteiger partial charge in [-0.15, -0.1) is 0 Å². The van der Waals surface area contributed by atoms with Crippen LogP contribution in [0.15, 0.2) is 30.3 Å². The second kappa shape index (κ2) is 7.64. The first-order valence-corrected chi connectivity index (χ1v) is 9.69. The minimum Gasteiger partial charge on any atom is -0.363 e. The number of hydrogen-bond acceptors (Lipinski definition) is 4. The molecule has 0 bridgehead atoms. The molecule has 6 heteroatoms. The molecule has 0 radical (unpaired) electrons. The average molecular weight is 368 g/mol. The summed E-state index contributed by atoms with van der Waals surface area (Å²) in [5.41, 5.74) is 8.85. The Morgan fingerprint density at radius 1 is 1.19 bits per heavy atom. The minimum atomic E-state index is -0.426. The molecule has 1 aliphatic carbocycles. The highest BCUT2D eigenvalue weighted by Gasteiger charge is 2.31. The van der Waals surface area contributed by atoms with Crippen LogP contribution in [-0.4, -0.2) is 23.0 Å². The van der Waals surface area contributed by atoms with Gasteiger partial charge in [0.25, 0.3) is 5.91 Å². The van der Waals surface area contributed by atoms with E-state index in [-0.39, 0.29) is 30.4 Å². The lowest BCUT2D eigenvalue weighted by molar-refractivity contribution is 0.0964. The molecule has 1 saturated carbocycles. The molecule has 4 rings (SSSR count). The number of nitrogens with two attached hydrogens (primary N) is 1. The molecule has 5 nitrogen and oxygen atoms in total. The van der Waals surface area contributed by atoms with Crippen LogP contribution in [0.3, 0.4) is 0 Å².